The van der Waals surface area contributed by atoms with E-state index < -0.39 is 10.0 Å². The molecule has 2 aromatic rings. The Morgan fingerprint density at radius 2 is 1.92 bits per heavy atom. The Balaban J connectivity index is 2.05. The predicted octanol–water partition coefficient (Wildman–Crippen LogP) is 1.70. The summed E-state index contributed by atoms with van der Waals surface area (Å²) in [5.74, 6) is 0.294. The number of aryl methyl sites for hydroxylation is 1. The molecule has 0 aliphatic heterocycles. The molecule has 0 aromatic heterocycles. The molecule has 0 fully saturated rings. The highest BCUT2D eigenvalue weighted by Crippen LogP contribution is 2.23. The molecule has 7 nitrogen and oxygen atoms in total. The third kappa shape index (κ3) is 4.46. The van der Waals surface area contributed by atoms with Crippen molar-refractivity contribution in [3.8, 4) is 5.75 Å². The first-order chi connectivity index (χ1) is 11.3. The number of hydrogen-bond donors (Lipinski definition) is 3. The van der Waals surface area contributed by atoms with Crippen molar-refractivity contribution in [2.75, 3.05) is 24.3 Å². The van der Waals surface area contributed by atoms with Crippen molar-refractivity contribution in [3.63, 3.8) is 0 Å². The van der Waals surface area contributed by atoms with Gasteiger partial charge >= 0.3 is 0 Å². The topological polar surface area (TPSA) is 111 Å². The summed E-state index contributed by atoms with van der Waals surface area (Å²) in [5, 5.41) is 10.7. The summed E-state index contributed by atoms with van der Waals surface area (Å²) < 4.78 is 28.2. The number of hydrogen-bond acceptors (Lipinski definition) is 5. The summed E-state index contributed by atoms with van der Waals surface area (Å²) in [4.78, 5) is 12.0. The van der Waals surface area contributed by atoms with Crippen LogP contribution in [0.1, 0.15) is 5.56 Å². The minimum absolute atomic E-state index is 0.00103. The number of carbonyl (C=O) groups excluding carboxylic acids is 1. The quantitative estimate of drug-likeness (QED) is 0.735. The van der Waals surface area contributed by atoms with Crippen LogP contribution < -0.4 is 20.5 Å². The van der Waals surface area contributed by atoms with Crippen LogP contribution in [0.25, 0.3) is 0 Å². The van der Waals surface area contributed by atoms with Gasteiger partial charge in [-0.3, -0.25) is 4.79 Å². The Hall–Kier alpha value is -2.58. The van der Waals surface area contributed by atoms with Crippen LogP contribution in [0.15, 0.2) is 47.4 Å². The third-order valence-corrected chi connectivity index (χ3v) is 4.38. The maximum Gasteiger partial charge on any atom is 0.243 e. The van der Waals surface area contributed by atoms with Gasteiger partial charge in [-0.2, -0.15) is 0 Å². The van der Waals surface area contributed by atoms with Crippen LogP contribution in [0.2, 0.25) is 0 Å². The fourth-order valence-corrected chi connectivity index (χ4v) is 2.96. The monoisotopic (exact) mass is 349 g/mol. The first-order valence-corrected chi connectivity index (χ1v) is 8.66. The molecule has 0 saturated heterocycles. The normalized spacial score (nSPS) is 11.0. The molecular weight excluding hydrogens is 330 g/mol. The first kappa shape index (κ1) is 17.8. The van der Waals surface area contributed by atoms with Gasteiger partial charge in [-0.25, -0.2) is 13.6 Å². The van der Waals surface area contributed by atoms with Crippen molar-refractivity contribution in [2.24, 2.45) is 5.14 Å². The zero-order chi connectivity index (χ0) is 17.7. The number of methoxy groups -OCH3 is 1. The van der Waals surface area contributed by atoms with Gasteiger partial charge in [0, 0.05) is 5.69 Å². The molecule has 24 heavy (non-hydrogen) atoms. The molecule has 0 aliphatic rings. The van der Waals surface area contributed by atoms with E-state index in [1.54, 1.807) is 38.3 Å². The standard InChI is InChI=1S/C16H19N3O4S/c1-11-7-8-12(9-15(11)24(17,21)22)19-16(20)10-18-13-5-3-4-6-14(13)23-2/h3-9,18H,10H2,1-2H3,(H,19,20)(H2,17,21,22). The summed E-state index contributed by atoms with van der Waals surface area (Å²) in [7, 11) is -2.30. The second kappa shape index (κ2) is 7.33. The molecule has 0 bridgehead atoms. The largest absolute Gasteiger partial charge is 0.495 e. The summed E-state index contributed by atoms with van der Waals surface area (Å²) >= 11 is 0. The van der Waals surface area contributed by atoms with Crippen LogP contribution >= 0.6 is 0 Å². The lowest BCUT2D eigenvalue weighted by molar-refractivity contribution is -0.114. The third-order valence-electron chi connectivity index (χ3n) is 3.32. The Morgan fingerprint density at radius 3 is 2.58 bits per heavy atom. The Morgan fingerprint density at radius 1 is 1.21 bits per heavy atom. The molecule has 0 unspecified atom stereocenters. The molecule has 0 spiro atoms. The van der Waals surface area contributed by atoms with Crippen molar-refractivity contribution in [2.45, 2.75) is 11.8 Å². The minimum atomic E-state index is -3.84. The molecule has 0 atom stereocenters. The predicted molar refractivity (Wildman–Crippen MR) is 92.7 cm³/mol. The molecule has 128 valence electrons. The van der Waals surface area contributed by atoms with E-state index in [4.69, 9.17) is 9.88 Å². The minimum Gasteiger partial charge on any atom is -0.495 e. The van der Waals surface area contributed by atoms with Gasteiger partial charge in [0.15, 0.2) is 0 Å². The molecular formula is C16H19N3O4S. The van der Waals surface area contributed by atoms with Crippen molar-refractivity contribution in [3.05, 3.63) is 48.0 Å². The number of para-hydroxylation sites is 2. The highest BCUT2D eigenvalue weighted by molar-refractivity contribution is 7.89. The zero-order valence-electron chi connectivity index (χ0n) is 13.4. The lowest BCUT2D eigenvalue weighted by Crippen LogP contribution is -2.22. The number of ether oxygens (including phenoxy) is 1. The van der Waals surface area contributed by atoms with Crippen LogP contribution in [0.4, 0.5) is 11.4 Å². The molecule has 0 saturated carbocycles. The van der Waals surface area contributed by atoms with Crippen LogP contribution in [0, 0.1) is 6.92 Å². The fraction of sp³-hybridized carbons (Fsp3) is 0.188. The SMILES string of the molecule is COc1ccccc1NCC(=O)Nc1ccc(C)c(S(N)(=O)=O)c1. The number of rotatable bonds is 6. The average Bonchev–Trinajstić information content (AvgIpc) is 2.54. The van der Waals surface area contributed by atoms with Crippen LogP contribution in [-0.2, 0) is 14.8 Å². The van der Waals surface area contributed by atoms with Gasteiger partial charge in [-0.1, -0.05) is 18.2 Å². The van der Waals surface area contributed by atoms with E-state index in [-0.39, 0.29) is 17.3 Å². The number of benzene rings is 2. The Bertz CT molecular complexity index is 850. The summed E-state index contributed by atoms with van der Waals surface area (Å²) in [6.45, 7) is 1.63. The Kier molecular flexibility index (Phi) is 5.42. The zero-order valence-corrected chi connectivity index (χ0v) is 14.2. The maximum atomic E-state index is 12.0. The molecule has 2 aromatic carbocycles. The van der Waals surface area contributed by atoms with Gasteiger partial charge in [0.1, 0.15) is 5.75 Å². The van der Waals surface area contributed by atoms with Gasteiger partial charge in [-0.15, -0.1) is 0 Å². The summed E-state index contributed by atoms with van der Waals surface area (Å²) in [6, 6.07) is 11.8. The van der Waals surface area contributed by atoms with Gasteiger partial charge in [0.2, 0.25) is 15.9 Å². The van der Waals surface area contributed by atoms with Gasteiger partial charge < -0.3 is 15.4 Å². The highest BCUT2D eigenvalue weighted by atomic mass is 32.2. The van der Waals surface area contributed by atoms with E-state index in [0.29, 0.717) is 22.7 Å². The van der Waals surface area contributed by atoms with Crippen molar-refractivity contribution < 1.29 is 17.9 Å². The van der Waals surface area contributed by atoms with Crippen molar-refractivity contribution >= 4 is 27.3 Å². The lowest BCUT2D eigenvalue weighted by Gasteiger charge is -2.12. The molecule has 1 amide bonds. The lowest BCUT2D eigenvalue weighted by atomic mass is 10.2. The second-order valence-electron chi connectivity index (χ2n) is 5.13. The molecule has 0 radical (unpaired) electrons. The van der Waals surface area contributed by atoms with E-state index in [1.807, 2.05) is 12.1 Å². The smallest absolute Gasteiger partial charge is 0.243 e. The van der Waals surface area contributed by atoms with Crippen LogP contribution in [0.5, 0.6) is 5.75 Å². The van der Waals surface area contributed by atoms with Gasteiger partial charge in [-0.05, 0) is 36.8 Å². The number of sulfonamides is 1. The van der Waals surface area contributed by atoms with Gasteiger partial charge in [0.25, 0.3) is 0 Å². The van der Waals surface area contributed by atoms with E-state index in [9.17, 15) is 13.2 Å². The van der Waals surface area contributed by atoms with E-state index >= 15 is 0 Å². The molecule has 0 aliphatic carbocycles. The first-order valence-electron chi connectivity index (χ1n) is 7.11. The second-order valence-corrected chi connectivity index (χ2v) is 6.66. The van der Waals surface area contributed by atoms with Crippen LogP contribution in [-0.4, -0.2) is 28.0 Å². The van der Waals surface area contributed by atoms with Crippen molar-refractivity contribution in [1.29, 1.82) is 0 Å². The number of carbonyl (C=O) groups is 1. The number of anilines is 2. The average molecular weight is 349 g/mol. The van der Waals surface area contributed by atoms with E-state index in [2.05, 4.69) is 10.6 Å². The molecule has 4 N–H and O–H groups in total. The van der Waals surface area contributed by atoms with Crippen molar-refractivity contribution in [1.82, 2.24) is 0 Å². The van der Waals surface area contributed by atoms with Crippen LogP contribution in [0.3, 0.4) is 0 Å². The number of nitrogens with two attached hydrogens (primary N) is 1. The molecule has 0 heterocycles. The maximum absolute atomic E-state index is 12.0. The summed E-state index contributed by atoms with van der Waals surface area (Å²) in [6.07, 6.45) is 0. The number of amides is 1. The fourth-order valence-electron chi connectivity index (χ4n) is 2.16. The van der Waals surface area contributed by atoms with E-state index in [1.165, 1.54) is 6.07 Å². The molecule has 8 heteroatoms. The summed E-state index contributed by atoms with van der Waals surface area (Å²) in [5.41, 5.74) is 1.56. The molecule has 2 rings (SSSR count). The number of nitrogens with one attached hydrogen (secondary N) is 2. The van der Waals surface area contributed by atoms with E-state index in [0.717, 1.165) is 0 Å². The highest BCUT2D eigenvalue weighted by Gasteiger charge is 2.13. The Labute approximate surface area is 140 Å². The van der Waals surface area contributed by atoms with Gasteiger partial charge in [0.05, 0.1) is 24.2 Å². The number of primary sulfonamides is 1.